The summed E-state index contributed by atoms with van der Waals surface area (Å²) in [5.74, 6) is 0. The molecule has 3 nitrogen and oxygen atoms in total. The van der Waals surface area contributed by atoms with Gasteiger partial charge in [0.1, 0.15) is 0 Å². The summed E-state index contributed by atoms with van der Waals surface area (Å²) < 4.78 is 1.91. The smallest absolute Gasteiger partial charge is 0.160 e. The van der Waals surface area contributed by atoms with E-state index in [-0.39, 0.29) is 0 Å². The summed E-state index contributed by atoms with van der Waals surface area (Å²) in [5.41, 5.74) is 9.15. The van der Waals surface area contributed by atoms with Crippen LogP contribution in [0.25, 0.3) is 16.9 Å². The van der Waals surface area contributed by atoms with Crippen molar-refractivity contribution in [1.29, 1.82) is 0 Å². The molecule has 3 rings (SSSR count). The molecule has 0 saturated heterocycles. The Labute approximate surface area is 103 Å². The molecular formula is C13H10ClN3. The maximum atomic E-state index is 5.97. The number of fused-ring (bicyclic) bond motifs is 1. The van der Waals surface area contributed by atoms with Crippen molar-refractivity contribution >= 4 is 22.9 Å². The third kappa shape index (κ3) is 1.74. The van der Waals surface area contributed by atoms with Crippen molar-refractivity contribution in [3.63, 3.8) is 0 Å². The third-order valence-corrected chi connectivity index (χ3v) is 2.87. The minimum atomic E-state index is 0.667. The van der Waals surface area contributed by atoms with Crippen molar-refractivity contribution < 1.29 is 0 Å². The van der Waals surface area contributed by atoms with Crippen LogP contribution in [0.1, 0.15) is 0 Å². The van der Waals surface area contributed by atoms with E-state index in [0.717, 1.165) is 16.9 Å². The fourth-order valence-electron chi connectivity index (χ4n) is 1.82. The van der Waals surface area contributed by atoms with E-state index < -0.39 is 0 Å². The first-order valence-electron chi connectivity index (χ1n) is 5.23. The molecule has 0 aliphatic carbocycles. The van der Waals surface area contributed by atoms with Crippen molar-refractivity contribution in [1.82, 2.24) is 9.38 Å². The molecule has 84 valence electrons. The molecule has 0 bridgehead atoms. The maximum Gasteiger partial charge on any atom is 0.160 e. The average molecular weight is 244 g/mol. The number of halogens is 1. The highest BCUT2D eigenvalue weighted by Gasteiger charge is 2.06. The molecule has 2 aromatic heterocycles. The molecule has 0 aliphatic heterocycles. The van der Waals surface area contributed by atoms with Gasteiger partial charge in [-0.1, -0.05) is 23.7 Å². The first kappa shape index (κ1) is 10.2. The Bertz CT molecular complexity index is 688. The summed E-state index contributed by atoms with van der Waals surface area (Å²) in [4.78, 5) is 4.50. The van der Waals surface area contributed by atoms with Crippen LogP contribution < -0.4 is 5.73 Å². The van der Waals surface area contributed by atoms with Gasteiger partial charge in [0.2, 0.25) is 0 Å². The number of nitrogens with two attached hydrogens (primary N) is 1. The summed E-state index contributed by atoms with van der Waals surface area (Å²) in [6.45, 7) is 0. The monoisotopic (exact) mass is 243 g/mol. The Balaban J connectivity index is 2.22. The Hall–Kier alpha value is -2.00. The number of nitrogens with zero attached hydrogens (tertiary/aromatic N) is 2. The van der Waals surface area contributed by atoms with E-state index in [2.05, 4.69) is 4.98 Å². The lowest BCUT2D eigenvalue weighted by Crippen LogP contribution is -1.90. The molecule has 2 N–H and O–H groups in total. The summed E-state index contributed by atoms with van der Waals surface area (Å²) in [5, 5.41) is 0.701. The van der Waals surface area contributed by atoms with Gasteiger partial charge in [0, 0.05) is 23.0 Å². The fourth-order valence-corrected chi connectivity index (χ4v) is 2.01. The van der Waals surface area contributed by atoms with Gasteiger partial charge in [-0.2, -0.15) is 0 Å². The van der Waals surface area contributed by atoms with Crippen molar-refractivity contribution in [2.24, 2.45) is 0 Å². The molecule has 1 aromatic carbocycles. The molecule has 0 amide bonds. The highest BCUT2D eigenvalue weighted by Crippen LogP contribution is 2.23. The lowest BCUT2D eigenvalue weighted by molar-refractivity contribution is 1.19. The Morgan fingerprint density at radius 3 is 2.82 bits per heavy atom. The lowest BCUT2D eigenvalue weighted by atomic mass is 10.2. The number of aromatic nitrogens is 2. The van der Waals surface area contributed by atoms with Crippen LogP contribution in [0.3, 0.4) is 0 Å². The van der Waals surface area contributed by atoms with Gasteiger partial charge in [-0.15, -0.1) is 0 Å². The predicted octanol–water partition coefficient (Wildman–Crippen LogP) is 3.24. The van der Waals surface area contributed by atoms with Gasteiger partial charge in [-0.3, -0.25) is 0 Å². The third-order valence-electron chi connectivity index (χ3n) is 2.63. The minimum absolute atomic E-state index is 0.667. The highest BCUT2D eigenvalue weighted by atomic mass is 35.5. The van der Waals surface area contributed by atoms with Crippen molar-refractivity contribution in [3.8, 4) is 11.3 Å². The molecule has 0 atom stereocenters. The number of benzene rings is 1. The number of nitrogen functional groups attached to an aromatic ring is 1. The van der Waals surface area contributed by atoms with E-state index in [1.807, 2.05) is 53.2 Å². The molecule has 0 aliphatic rings. The maximum absolute atomic E-state index is 5.97. The topological polar surface area (TPSA) is 43.3 Å². The van der Waals surface area contributed by atoms with Crippen LogP contribution in [0.4, 0.5) is 5.69 Å². The summed E-state index contributed by atoms with van der Waals surface area (Å²) in [6, 6.07) is 11.3. The van der Waals surface area contributed by atoms with Crippen molar-refractivity contribution in [2.45, 2.75) is 0 Å². The van der Waals surface area contributed by atoms with Crippen molar-refractivity contribution in [2.75, 3.05) is 5.73 Å². The van der Waals surface area contributed by atoms with Crippen LogP contribution in [0.5, 0.6) is 0 Å². The molecule has 0 unspecified atom stereocenters. The van der Waals surface area contributed by atoms with Crippen LogP contribution in [0.2, 0.25) is 5.02 Å². The molecule has 3 aromatic rings. The molecule has 2 heterocycles. The zero-order valence-electron chi connectivity index (χ0n) is 8.97. The minimum Gasteiger partial charge on any atom is -0.396 e. The number of imidazole rings is 1. The van der Waals surface area contributed by atoms with E-state index in [9.17, 15) is 0 Å². The normalized spacial score (nSPS) is 10.9. The molecule has 0 radical (unpaired) electrons. The number of hydrogen-bond acceptors (Lipinski definition) is 2. The van der Waals surface area contributed by atoms with Crippen LogP contribution in [0, 0.1) is 0 Å². The molecule has 0 saturated carbocycles. The van der Waals surface area contributed by atoms with E-state index >= 15 is 0 Å². The van der Waals surface area contributed by atoms with E-state index in [1.54, 1.807) is 0 Å². The first-order chi connectivity index (χ1) is 8.24. The van der Waals surface area contributed by atoms with Gasteiger partial charge in [-0.25, -0.2) is 4.98 Å². The van der Waals surface area contributed by atoms with Gasteiger partial charge >= 0.3 is 0 Å². The van der Waals surface area contributed by atoms with E-state index in [1.165, 1.54) is 0 Å². The molecule has 17 heavy (non-hydrogen) atoms. The van der Waals surface area contributed by atoms with Gasteiger partial charge in [0.15, 0.2) is 5.65 Å². The Kier molecular flexibility index (Phi) is 2.27. The van der Waals surface area contributed by atoms with Gasteiger partial charge in [-0.05, 0) is 24.3 Å². The summed E-state index contributed by atoms with van der Waals surface area (Å²) >= 11 is 5.97. The molecule has 0 fully saturated rings. The Morgan fingerprint density at radius 2 is 2.06 bits per heavy atom. The summed E-state index contributed by atoms with van der Waals surface area (Å²) in [7, 11) is 0. The first-order valence-corrected chi connectivity index (χ1v) is 5.61. The SMILES string of the molecule is Nc1cccn2cc(-c3cccc(Cl)c3)nc12. The number of pyridine rings is 1. The molecule has 4 heteroatoms. The second kappa shape index (κ2) is 3.79. The predicted molar refractivity (Wildman–Crippen MR) is 70.1 cm³/mol. The van der Waals surface area contributed by atoms with Crippen LogP contribution in [-0.2, 0) is 0 Å². The fraction of sp³-hybridized carbons (Fsp3) is 0. The van der Waals surface area contributed by atoms with Crippen molar-refractivity contribution in [3.05, 3.63) is 53.8 Å². The standard InChI is InChI=1S/C13H10ClN3/c14-10-4-1-3-9(7-10)12-8-17-6-2-5-11(15)13(17)16-12/h1-8H,15H2. The van der Waals surface area contributed by atoms with Crippen LogP contribution >= 0.6 is 11.6 Å². The van der Waals surface area contributed by atoms with Crippen LogP contribution in [-0.4, -0.2) is 9.38 Å². The van der Waals surface area contributed by atoms with Crippen LogP contribution in [0.15, 0.2) is 48.8 Å². The zero-order chi connectivity index (χ0) is 11.8. The second-order valence-corrected chi connectivity index (χ2v) is 4.27. The highest BCUT2D eigenvalue weighted by molar-refractivity contribution is 6.30. The molecular weight excluding hydrogens is 234 g/mol. The lowest BCUT2D eigenvalue weighted by Gasteiger charge is -1.95. The van der Waals surface area contributed by atoms with Gasteiger partial charge in [0.25, 0.3) is 0 Å². The van der Waals surface area contributed by atoms with Gasteiger partial charge in [0.05, 0.1) is 11.4 Å². The van der Waals surface area contributed by atoms with Gasteiger partial charge < -0.3 is 10.1 Å². The number of anilines is 1. The number of rotatable bonds is 1. The average Bonchev–Trinajstić information content (AvgIpc) is 2.74. The van der Waals surface area contributed by atoms with E-state index in [4.69, 9.17) is 17.3 Å². The second-order valence-electron chi connectivity index (χ2n) is 3.83. The Morgan fingerprint density at radius 1 is 1.18 bits per heavy atom. The quantitative estimate of drug-likeness (QED) is 0.713. The summed E-state index contributed by atoms with van der Waals surface area (Å²) in [6.07, 6.45) is 3.87. The largest absolute Gasteiger partial charge is 0.396 e. The van der Waals surface area contributed by atoms with E-state index in [0.29, 0.717) is 10.7 Å². The zero-order valence-corrected chi connectivity index (χ0v) is 9.72. The number of hydrogen-bond donors (Lipinski definition) is 1. The molecule has 0 spiro atoms.